The lowest BCUT2D eigenvalue weighted by molar-refractivity contribution is -0.146. The van der Waals surface area contributed by atoms with E-state index in [4.69, 9.17) is 4.74 Å². The highest BCUT2D eigenvalue weighted by molar-refractivity contribution is 5.74. The molecule has 1 fully saturated rings. The Kier molecular flexibility index (Phi) is 7.07. The predicted molar refractivity (Wildman–Crippen MR) is 106 cm³/mol. The zero-order valence-corrected chi connectivity index (χ0v) is 17.7. The van der Waals surface area contributed by atoms with E-state index in [1.807, 2.05) is 0 Å². The van der Waals surface area contributed by atoms with E-state index in [-0.39, 0.29) is 11.6 Å². The lowest BCUT2D eigenvalue weighted by Crippen LogP contribution is -2.36. The van der Waals surface area contributed by atoms with Gasteiger partial charge in [0.1, 0.15) is 5.82 Å². The van der Waals surface area contributed by atoms with Crippen molar-refractivity contribution in [2.24, 2.45) is 5.92 Å². The molecule has 0 saturated heterocycles. The highest BCUT2D eigenvalue weighted by Crippen LogP contribution is 2.42. The molecule has 1 N–H and O–H groups in total. The Morgan fingerprint density at radius 3 is 2.00 bits per heavy atom. The van der Waals surface area contributed by atoms with E-state index >= 15 is 0 Å². The first-order valence-corrected chi connectivity index (χ1v) is 10.2. The second kappa shape index (κ2) is 9.32. The van der Waals surface area contributed by atoms with E-state index in [1.54, 1.807) is 0 Å². The normalized spacial score (nSPS) is 22.3. The number of methoxy groups -OCH3 is 1. The van der Waals surface area contributed by atoms with E-state index in [0.717, 1.165) is 0 Å². The molecule has 0 heterocycles. The van der Waals surface area contributed by atoms with Crippen LogP contribution in [0, 0.1) is 11.7 Å². The lowest BCUT2D eigenvalue weighted by atomic mass is 9.86. The smallest absolute Gasteiger partial charge is 0.416 e. The van der Waals surface area contributed by atoms with Gasteiger partial charge in [-0.2, -0.15) is 26.3 Å². The standard InChI is InChI=1S/C23H22F7NO2/c1-12(14-9-15(22(25,26)27)11-16(10-14)23(28,29)30)31-19-8-7-18(21(32)33-2)20(19)13-3-5-17(24)6-4-13/h3-6,9-12,18-20,31H,7-8H2,1-2H3/t12-,18+,19+,20-/m1/s1. The van der Waals surface area contributed by atoms with Crippen LogP contribution in [0.5, 0.6) is 0 Å². The molecule has 0 spiro atoms. The molecule has 0 unspecified atom stereocenters. The van der Waals surface area contributed by atoms with Gasteiger partial charge in [0, 0.05) is 18.0 Å². The number of nitrogens with one attached hydrogen (secondary N) is 1. The van der Waals surface area contributed by atoms with Crippen LogP contribution in [0.15, 0.2) is 42.5 Å². The summed E-state index contributed by atoms with van der Waals surface area (Å²) in [6, 6.07) is 5.57. The quantitative estimate of drug-likeness (QED) is 0.409. The van der Waals surface area contributed by atoms with E-state index in [0.29, 0.717) is 30.5 Å². The van der Waals surface area contributed by atoms with E-state index in [9.17, 15) is 35.5 Å². The van der Waals surface area contributed by atoms with Crippen molar-refractivity contribution in [1.29, 1.82) is 0 Å². The molecule has 2 aromatic carbocycles. The number of benzene rings is 2. The van der Waals surface area contributed by atoms with Crippen molar-refractivity contribution in [2.75, 3.05) is 7.11 Å². The van der Waals surface area contributed by atoms with Gasteiger partial charge >= 0.3 is 18.3 Å². The zero-order valence-electron chi connectivity index (χ0n) is 17.7. The van der Waals surface area contributed by atoms with E-state index in [1.165, 1.54) is 38.3 Å². The Bertz CT molecular complexity index is 954. The van der Waals surface area contributed by atoms with Gasteiger partial charge in [0.05, 0.1) is 24.2 Å². The van der Waals surface area contributed by atoms with Crippen molar-refractivity contribution in [1.82, 2.24) is 5.32 Å². The van der Waals surface area contributed by atoms with Crippen LogP contribution in [0.4, 0.5) is 30.7 Å². The van der Waals surface area contributed by atoms with Gasteiger partial charge in [-0.3, -0.25) is 4.79 Å². The molecule has 4 atom stereocenters. The van der Waals surface area contributed by atoms with Crippen LogP contribution in [0.2, 0.25) is 0 Å². The molecule has 2 aromatic rings. The summed E-state index contributed by atoms with van der Waals surface area (Å²) in [6.45, 7) is 1.46. The number of hydrogen-bond donors (Lipinski definition) is 1. The molecule has 0 aliphatic heterocycles. The number of rotatable bonds is 5. The van der Waals surface area contributed by atoms with Crippen molar-refractivity contribution in [2.45, 2.75) is 50.1 Å². The van der Waals surface area contributed by atoms with Gasteiger partial charge in [0.25, 0.3) is 0 Å². The average Bonchev–Trinajstić information content (AvgIpc) is 3.15. The first kappa shape index (κ1) is 25.0. The summed E-state index contributed by atoms with van der Waals surface area (Å²) in [5, 5.41) is 3.09. The van der Waals surface area contributed by atoms with Crippen molar-refractivity contribution in [3.63, 3.8) is 0 Å². The van der Waals surface area contributed by atoms with Crippen LogP contribution in [0.25, 0.3) is 0 Å². The number of carbonyl (C=O) groups is 1. The Morgan fingerprint density at radius 2 is 1.52 bits per heavy atom. The topological polar surface area (TPSA) is 38.3 Å². The summed E-state index contributed by atoms with van der Waals surface area (Å²) in [5.74, 6) is -2.04. The molecule has 3 rings (SSSR count). The first-order valence-electron chi connectivity index (χ1n) is 10.2. The molecule has 33 heavy (non-hydrogen) atoms. The minimum absolute atomic E-state index is 0.0837. The van der Waals surface area contributed by atoms with Crippen LogP contribution in [0.1, 0.15) is 54.0 Å². The first-order chi connectivity index (χ1) is 15.3. The van der Waals surface area contributed by atoms with Crippen LogP contribution in [0.3, 0.4) is 0 Å². The van der Waals surface area contributed by atoms with Crippen LogP contribution < -0.4 is 5.32 Å². The molecule has 1 aliphatic carbocycles. The second-order valence-electron chi connectivity index (χ2n) is 8.12. The molecule has 1 saturated carbocycles. The SMILES string of the molecule is COC(=O)[C@H]1CC[C@H](N[C@H](C)c2cc(C(F)(F)F)cc(C(F)(F)F)c2)[C@@H]1c1ccc(F)cc1. The number of carbonyl (C=O) groups excluding carboxylic acids is 1. The fourth-order valence-electron chi connectivity index (χ4n) is 4.40. The van der Waals surface area contributed by atoms with Gasteiger partial charge in [-0.1, -0.05) is 12.1 Å². The summed E-state index contributed by atoms with van der Waals surface area (Å²) < 4.78 is 97.6. The number of esters is 1. The number of halogens is 7. The zero-order chi connectivity index (χ0) is 24.6. The minimum atomic E-state index is -4.95. The molecule has 10 heteroatoms. The minimum Gasteiger partial charge on any atom is -0.469 e. The predicted octanol–water partition coefficient (Wildman–Crippen LogP) is 6.25. The fraction of sp³-hybridized carbons (Fsp3) is 0.435. The Hall–Kier alpha value is -2.62. The molecular formula is C23H22F7NO2. The van der Waals surface area contributed by atoms with Crippen molar-refractivity contribution in [3.8, 4) is 0 Å². The van der Waals surface area contributed by atoms with Gasteiger partial charge in [-0.05, 0) is 61.2 Å². The number of ether oxygens (including phenoxy) is 1. The van der Waals surface area contributed by atoms with Gasteiger partial charge < -0.3 is 10.1 Å². The third-order valence-electron chi connectivity index (χ3n) is 5.99. The maximum absolute atomic E-state index is 13.4. The number of hydrogen-bond acceptors (Lipinski definition) is 3. The monoisotopic (exact) mass is 477 g/mol. The van der Waals surface area contributed by atoms with Gasteiger partial charge in [-0.25, -0.2) is 4.39 Å². The molecule has 180 valence electrons. The van der Waals surface area contributed by atoms with Crippen LogP contribution >= 0.6 is 0 Å². The Labute approximate surface area is 185 Å². The molecule has 0 aromatic heterocycles. The molecule has 0 bridgehead atoms. The van der Waals surface area contributed by atoms with Gasteiger partial charge in [-0.15, -0.1) is 0 Å². The fourth-order valence-corrected chi connectivity index (χ4v) is 4.40. The second-order valence-corrected chi connectivity index (χ2v) is 8.12. The molecule has 1 aliphatic rings. The molecule has 3 nitrogen and oxygen atoms in total. The summed E-state index contributed by atoms with van der Waals surface area (Å²) in [5.41, 5.74) is -2.35. The third-order valence-corrected chi connectivity index (χ3v) is 5.99. The summed E-state index contributed by atoms with van der Waals surface area (Å²) in [4.78, 5) is 12.3. The maximum atomic E-state index is 13.4. The number of alkyl halides is 6. The largest absolute Gasteiger partial charge is 0.469 e. The Morgan fingerprint density at radius 1 is 0.970 bits per heavy atom. The molecular weight excluding hydrogens is 455 g/mol. The van der Waals surface area contributed by atoms with Gasteiger partial charge in [0.2, 0.25) is 0 Å². The highest BCUT2D eigenvalue weighted by Gasteiger charge is 2.43. The maximum Gasteiger partial charge on any atom is 0.416 e. The van der Waals surface area contributed by atoms with Crippen molar-refractivity contribution >= 4 is 5.97 Å². The Balaban J connectivity index is 1.94. The molecule has 0 radical (unpaired) electrons. The van der Waals surface area contributed by atoms with E-state index in [2.05, 4.69) is 5.32 Å². The average molecular weight is 477 g/mol. The summed E-state index contributed by atoms with van der Waals surface area (Å²) >= 11 is 0. The third kappa shape index (κ3) is 5.66. The van der Waals surface area contributed by atoms with Crippen LogP contribution in [-0.2, 0) is 21.9 Å². The summed E-state index contributed by atoms with van der Waals surface area (Å²) in [7, 11) is 1.23. The molecule has 0 amide bonds. The van der Waals surface area contributed by atoms with E-state index < -0.39 is 59.2 Å². The van der Waals surface area contributed by atoms with Gasteiger partial charge in [0.15, 0.2) is 0 Å². The van der Waals surface area contributed by atoms with Crippen molar-refractivity contribution < 1.29 is 40.3 Å². The lowest BCUT2D eigenvalue weighted by Gasteiger charge is -2.28. The highest BCUT2D eigenvalue weighted by atomic mass is 19.4. The summed E-state index contributed by atoms with van der Waals surface area (Å²) in [6.07, 6.45) is -9.07. The van der Waals surface area contributed by atoms with Crippen LogP contribution in [-0.4, -0.2) is 19.1 Å². The van der Waals surface area contributed by atoms with Crippen molar-refractivity contribution in [3.05, 3.63) is 70.5 Å².